The normalized spacial score (nSPS) is 24.0. The molecule has 0 amide bonds. The number of benzene rings is 2. The number of hydrogen-bond donors (Lipinski definition) is 0. The highest BCUT2D eigenvalue weighted by Gasteiger charge is 2.58. The third kappa shape index (κ3) is 8.09. The van der Waals surface area contributed by atoms with E-state index in [1.165, 1.54) is 6.92 Å². The maximum Gasteiger partial charge on any atom is 0.340 e. The standard InChI is InChI=1S/C25H34O9P2/c1-4-31-36(28,32-5-2)19-35(27)25(33-20(3)26)24(30-17-22-14-10-7-11-15-22)23(34-35)18-29-16-21-12-8-6-9-13-21/h6-15,23-25H,4-5,16-19H2,1-3H3/t23-,24-,25-,35+/m1/s1. The van der Waals surface area contributed by atoms with E-state index >= 15 is 0 Å². The summed E-state index contributed by atoms with van der Waals surface area (Å²) in [5, 5.41) is 0. The first-order chi connectivity index (χ1) is 17.3. The summed E-state index contributed by atoms with van der Waals surface area (Å²) in [6.45, 7) is 5.19. The lowest BCUT2D eigenvalue weighted by atomic mass is 10.2. The van der Waals surface area contributed by atoms with Gasteiger partial charge in [-0.2, -0.15) is 0 Å². The van der Waals surface area contributed by atoms with Gasteiger partial charge in [0.2, 0.25) is 5.85 Å². The summed E-state index contributed by atoms with van der Waals surface area (Å²) in [7, 11) is -7.72. The van der Waals surface area contributed by atoms with Crippen LogP contribution in [0.5, 0.6) is 0 Å². The van der Waals surface area contributed by atoms with E-state index in [-0.39, 0.29) is 26.4 Å². The summed E-state index contributed by atoms with van der Waals surface area (Å²) in [6, 6.07) is 19.0. The predicted molar refractivity (Wildman–Crippen MR) is 135 cm³/mol. The Kier molecular flexibility index (Phi) is 10.9. The second-order valence-electron chi connectivity index (χ2n) is 8.22. The van der Waals surface area contributed by atoms with Crippen molar-refractivity contribution in [3.8, 4) is 0 Å². The summed E-state index contributed by atoms with van der Waals surface area (Å²) >= 11 is 0. The fourth-order valence-electron chi connectivity index (χ4n) is 3.89. The van der Waals surface area contributed by atoms with Crippen LogP contribution in [0.3, 0.4) is 0 Å². The highest BCUT2D eigenvalue weighted by molar-refractivity contribution is 7.74. The second kappa shape index (κ2) is 13.6. The fraction of sp³-hybridized carbons (Fsp3) is 0.480. The minimum Gasteiger partial charge on any atom is -0.449 e. The van der Waals surface area contributed by atoms with Crippen molar-refractivity contribution in [2.24, 2.45) is 0 Å². The van der Waals surface area contributed by atoms with E-state index in [9.17, 15) is 13.9 Å². The minimum atomic E-state index is -3.92. The van der Waals surface area contributed by atoms with Crippen LogP contribution in [0.25, 0.3) is 0 Å². The largest absolute Gasteiger partial charge is 0.449 e. The first-order valence-electron chi connectivity index (χ1n) is 11.9. The van der Waals surface area contributed by atoms with Gasteiger partial charge in [-0.15, -0.1) is 0 Å². The van der Waals surface area contributed by atoms with Gasteiger partial charge in [-0.3, -0.25) is 13.9 Å². The Morgan fingerprint density at radius 3 is 2.03 bits per heavy atom. The molecule has 0 bridgehead atoms. The molecule has 11 heteroatoms. The number of hydrogen-bond acceptors (Lipinski definition) is 9. The summed E-state index contributed by atoms with van der Waals surface area (Å²) in [6.07, 6.45) is -1.77. The van der Waals surface area contributed by atoms with E-state index in [0.717, 1.165) is 11.1 Å². The average Bonchev–Trinajstić information content (AvgIpc) is 3.08. The maximum atomic E-state index is 14.1. The lowest BCUT2D eigenvalue weighted by Crippen LogP contribution is -2.37. The van der Waals surface area contributed by atoms with Gasteiger partial charge >= 0.3 is 13.6 Å². The Bertz CT molecular complexity index is 1040. The van der Waals surface area contributed by atoms with Crippen LogP contribution in [0.1, 0.15) is 31.9 Å². The van der Waals surface area contributed by atoms with Gasteiger partial charge < -0.3 is 27.8 Å². The Labute approximate surface area is 212 Å². The van der Waals surface area contributed by atoms with Crippen molar-refractivity contribution >= 4 is 20.9 Å². The molecule has 0 spiro atoms. The van der Waals surface area contributed by atoms with Crippen LogP contribution in [0.15, 0.2) is 60.7 Å². The van der Waals surface area contributed by atoms with Gasteiger partial charge in [0.15, 0.2) is 0 Å². The summed E-state index contributed by atoms with van der Waals surface area (Å²) in [5.41, 5.74) is 1.83. The highest BCUT2D eigenvalue weighted by atomic mass is 31.2. The molecule has 0 saturated carbocycles. The van der Waals surface area contributed by atoms with E-state index in [0.29, 0.717) is 6.61 Å². The topological polar surface area (TPSA) is 107 Å². The van der Waals surface area contributed by atoms with Crippen LogP contribution in [0.2, 0.25) is 0 Å². The van der Waals surface area contributed by atoms with E-state index in [4.69, 9.17) is 27.8 Å². The molecule has 1 aliphatic rings. The summed E-state index contributed by atoms with van der Waals surface area (Å²) < 4.78 is 61.6. The molecule has 198 valence electrons. The Morgan fingerprint density at radius 2 is 1.50 bits per heavy atom. The molecule has 0 aromatic heterocycles. The molecule has 2 aromatic rings. The van der Waals surface area contributed by atoms with Gasteiger partial charge in [0.25, 0.3) is 7.37 Å². The Morgan fingerprint density at radius 1 is 0.944 bits per heavy atom. The van der Waals surface area contributed by atoms with E-state index in [1.54, 1.807) is 13.8 Å². The fourth-order valence-corrected chi connectivity index (χ4v) is 10.0. The molecular formula is C25H34O9P2. The third-order valence-corrected chi connectivity index (χ3v) is 11.4. The highest BCUT2D eigenvalue weighted by Crippen LogP contribution is 2.70. The zero-order valence-electron chi connectivity index (χ0n) is 20.8. The molecular weight excluding hydrogens is 506 g/mol. The van der Waals surface area contributed by atoms with Crippen molar-refractivity contribution in [3.63, 3.8) is 0 Å². The molecule has 1 heterocycles. The lowest BCUT2D eigenvalue weighted by Gasteiger charge is -2.25. The molecule has 3 rings (SSSR count). The monoisotopic (exact) mass is 540 g/mol. The second-order valence-corrected chi connectivity index (χ2v) is 13.3. The zero-order valence-corrected chi connectivity index (χ0v) is 22.6. The summed E-state index contributed by atoms with van der Waals surface area (Å²) in [4.78, 5) is 12.0. The van der Waals surface area contributed by atoms with Crippen LogP contribution in [-0.2, 0) is 54.9 Å². The van der Waals surface area contributed by atoms with Gasteiger partial charge in [-0.05, 0) is 25.0 Å². The zero-order chi connectivity index (χ0) is 26.0. The van der Waals surface area contributed by atoms with E-state index < -0.39 is 44.9 Å². The van der Waals surface area contributed by atoms with Crippen LogP contribution in [0, 0.1) is 0 Å². The molecule has 2 aromatic carbocycles. The molecule has 1 saturated heterocycles. The predicted octanol–water partition coefficient (Wildman–Crippen LogP) is 5.58. The lowest BCUT2D eigenvalue weighted by molar-refractivity contribution is -0.150. The summed E-state index contributed by atoms with van der Waals surface area (Å²) in [5.74, 6) is -2.50. The van der Waals surface area contributed by atoms with Gasteiger partial charge in [-0.1, -0.05) is 60.7 Å². The van der Waals surface area contributed by atoms with Gasteiger partial charge in [0.05, 0.1) is 33.0 Å². The molecule has 0 unspecified atom stereocenters. The van der Waals surface area contributed by atoms with E-state index in [2.05, 4.69) is 0 Å². The molecule has 9 nitrogen and oxygen atoms in total. The van der Waals surface area contributed by atoms with Crippen molar-refractivity contribution in [1.29, 1.82) is 0 Å². The van der Waals surface area contributed by atoms with Crippen molar-refractivity contribution < 1.29 is 41.7 Å². The molecule has 0 radical (unpaired) electrons. The quantitative estimate of drug-likeness (QED) is 0.224. The van der Waals surface area contributed by atoms with Gasteiger partial charge in [-0.25, -0.2) is 0 Å². The van der Waals surface area contributed by atoms with Crippen LogP contribution in [-0.4, -0.2) is 49.7 Å². The molecule has 0 N–H and O–H groups in total. The maximum absolute atomic E-state index is 14.1. The SMILES string of the molecule is CCOP(=O)(C[P@]1(=O)O[C@H](COCc2ccccc2)[C@@H](OCc2ccccc2)[C@@H]1OC(C)=O)OCC. The number of ether oxygens (including phenoxy) is 3. The number of carbonyl (C=O) groups excluding carboxylic acids is 1. The van der Waals surface area contributed by atoms with Crippen molar-refractivity contribution in [2.75, 3.05) is 25.7 Å². The first kappa shape index (κ1) is 28.7. The van der Waals surface area contributed by atoms with Crippen LogP contribution in [0.4, 0.5) is 0 Å². The molecule has 1 aliphatic heterocycles. The van der Waals surface area contributed by atoms with Gasteiger partial charge in [0, 0.05) is 6.92 Å². The molecule has 36 heavy (non-hydrogen) atoms. The third-order valence-electron chi connectivity index (χ3n) is 5.34. The van der Waals surface area contributed by atoms with Crippen molar-refractivity contribution in [1.82, 2.24) is 0 Å². The van der Waals surface area contributed by atoms with Crippen LogP contribution < -0.4 is 0 Å². The number of carbonyl (C=O) groups is 1. The van der Waals surface area contributed by atoms with Crippen molar-refractivity contribution in [3.05, 3.63) is 71.8 Å². The first-order valence-corrected chi connectivity index (χ1v) is 15.5. The Balaban J connectivity index is 1.85. The van der Waals surface area contributed by atoms with E-state index in [1.807, 2.05) is 60.7 Å². The molecule has 0 aliphatic carbocycles. The number of esters is 1. The smallest absolute Gasteiger partial charge is 0.340 e. The molecule has 1 fully saturated rings. The van der Waals surface area contributed by atoms with Gasteiger partial charge in [0.1, 0.15) is 18.1 Å². The van der Waals surface area contributed by atoms with Crippen LogP contribution >= 0.6 is 15.0 Å². The number of rotatable bonds is 14. The average molecular weight is 540 g/mol. The molecule has 4 atom stereocenters. The minimum absolute atomic E-state index is 0.0175. The Hall–Kier alpha value is -1.83. The van der Waals surface area contributed by atoms with Crippen molar-refractivity contribution in [2.45, 2.75) is 52.0 Å².